The third kappa shape index (κ3) is 2.30. The summed E-state index contributed by atoms with van der Waals surface area (Å²) in [5, 5.41) is 1.02. The lowest BCUT2D eigenvalue weighted by Crippen LogP contribution is -2.41. The molecule has 1 aromatic heterocycles. The average molecular weight is 285 g/mol. The Morgan fingerprint density at radius 3 is 2.38 bits per heavy atom. The van der Waals surface area contributed by atoms with E-state index in [1.54, 1.807) is 13.3 Å². The second-order valence-corrected chi connectivity index (χ2v) is 6.37. The number of pyridine rings is 1. The number of methoxy groups -OCH3 is 1. The summed E-state index contributed by atoms with van der Waals surface area (Å²) in [5.74, 6) is 0.755. The van der Waals surface area contributed by atoms with Crippen molar-refractivity contribution >= 4 is 23.5 Å². The van der Waals surface area contributed by atoms with Crippen LogP contribution in [0.5, 0.6) is 5.75 Å². The number of aromatic nitrogens is 1. The quantitative estimate of drug-likeness (QED) is 0.795. The number of hydrogen-bond donors (Lipinski definition) is 0. The highest BCUT2D eigenvalue weighted by atomic mass is 16.7. The molecular formula is C16H20BNO3. The zero-order valence-electron chi connectivity index (χ0n) is 13.1. The molecule has 3 rings (SSSR count). The normalized spacial score (nSPS) is 20.0. The van der Waals surface area contributed by atoms with Gasteiger partial charge in [-0.2, -0.15) is 0 Å². The summed E-state index contributed by atoms with van der Waals surface area (Å²) in [7, 11) is 1.23. The standard InChI is InChI=1S/C16H20BNO3/c1-15(2)16(3,4)21-17(20-15)13-9-11(19-5)10-14-12(13)7-6-8-18-14/h6-10H,1-5H3. The molecule has 0 radical (unpaired) electrons. The summed E-state index contributed by atoms with van der Waals surface area (Å²) in [6, 6.07) is 7.84. The van der Waals surface area contributed by atoms with Crippen molar-refractivity contribution in [3.8, 4) is 5.75 Å². The van der Waals surface area contributed by atoms with Crippen molar-refractivity contribution < 1.29 is 14.0 Å². The van der Waals surface area contributed by atoms with E-state index in [-0.39, 0.29) is 11.2 Å². The first-order chi connectivity index (χ1) is 9.84. The minimum Gasteiger partial charge on any atom is -0.497 e. The van der Waals surface area contributed by atoms with E-state index in [9.17, 15) is 0 Å². The van der Waals surface area contributed by atoms with Crippen LogP contribution in [0.25, 0.3) is 10.9 Å². The van der Waals surface area contributed by atoms with E-state index in [1.165, 1.54) is 0 Å². The zero-order chi connectivity index (χ0) is 15.3. The number of fused-ring (bicyclic) bond motifs is 1. The highest BCUT2D eigenvalue weighted by molar-refractivity contribution is 6.65. The third-order valence-electron chi connectivity index (χ3n) is 4.47. The Labute approximate surface area is 125 Å². The van der Waals surface area contributed by atoms with Crippen LogP contribution in [0, 0.1) is 0 Å². The minimum atomic E-state index is -0.420. The number of ether oxygens (including phenoxy) is 1. The molecule has 2 aromatic rings. The summed E-state index contributed by atoms with van der Waals surface area (Å²) in [6.45, 7) is 8.20. The van der Waals surface area contributed by atoms with E-state index in [4.69, 9.17) is 14.0 Å². The number of benzene rings is 1. The molecule has 2 heterocycles. The first-order valence-corrected chi connectivity index (χ1v) is 7.12. The molecule has 4 nitrogen and oxygen atoms in total. The van der Waals surface area contributed by atoms with Gasteiger partial charge in [-0.05, 0) is 45.3 Å². The molecule has 21 heavy (non-hydrogen) atoms. The molecule has 1 aromatic carbocycles. The van der Waals surface area contributed by atoms with E-state index in [2.05, 4.69) is 4.98 Å². The average Bonchev–Trinajstić information content (AvgIpc) is 2.66. The van der Waals surface area contributed by atoms with E-state index in [0.717, 1.165) is 22.1 Å². The Bertz CT molecular complexity index is 668. The summed E-state index contributed by atoms with van der Waals surface area (Å²) in [6.07, 6.45) is 1.77. The highest BCUT2D eigenvalue weighted by Gasteiger charge is 2.52. The SMILES string of the molecule is COc1cc(B2OC(C)(C)C(C)(C)O2)c2cccnc2c1. The van der Waals surface area contributed by atoms with Crippen LogP contribution in [0.4, 0.5) is 0 Å². The van der Waals surface area contributed by atoms with Crippen molar-refractivity contribution in [2.75, 3.05) is 7.11 Å². The molecule has 1 aliphatic heterocycles. The molecule has 0 spiro atoms. The van der Waals surface area contributed by atoms with Gasteiger partial charge in [-0.3, -0.25) is 4.98 Å². The number of hydrogen-bond acceptors (Lipinski definition) is 4. The smallest absolute Gasteiger partial charge is 0.495 e. The number of nitrogens with zero attached hydrogens (tertiary/aromatic N) is 1. The second kappa shape index (κ2) is 4.72. The van der Waals surface area contributed by atoms with Gasteiger partial charge in [0.25, 0.3) is 0 Å². The van der Waals surface area contributed by atoms with Crippen LogP contribution in [0.1, 0.15) is 27.7 Å². The molecule has 0 bridgehead atoms. The van der Waals surface area contributed by atoms with Crippen LogP contribution < -0.4 is 10.2 Å². The largest absolute Gasteiger partial charge is 0.497 e. The van der Waals surface area contributed by atoms with Gasteiger partial charge in [0.15, 0.2) is 0 Å². The van der Waals surface area contributed by atoms with Crippen LogP contribution in [-0.2, 0) is 9.31 Å². The fraction of sp³-hybridized carbons (Fsp3) is 0.438. The van der Waals surface area contributed by atoms with Gasteiger partial charge in [0.05, 0.1) is 23.8 Å². The summed E-state index contributed by atoms with van der Waals surface area (Å²) in [5.41, 5.74) is 1.10. The highest BCUT2D eigenvalue weighted by Crippen LogP contribution is 2.37. The van der Waals surface area contributed by atoms with Gasteiger partial charge >= 0.3 is 7.12 Å². The molecule has 1 aliphatic rings. The Hall–Kier alpha value is -1.59. The lowest BCUT2D eigenvalue weighted by atomic mass is 9.76. The van der Waals surface area contributed by atoms with Crippen LogP contribution in [0.2, 0.25) is 0 Å². The molecular weight excluding hydrogens is 265 g/mol. The lowest BCUT2D eigenvalue weighted by molar-refractivity contribution is 0.00578. The molecule has 5 heteroatoms. The van der Waals surface area contributed by atoms with Crippen LogP contribution in [0.15, 0.2) is 30.5 Å². The first-order valence-electron chi connectivity index (χ1n) is 7.12. The maximum Gasteiger partial charge on any atom is 0.495 e. The van der Waals surface area contributed by atoms with E-state index < -0.39 is 7.12 Å². The molecule has 0 aliphatic carbocycles. The monoisotopic (exact) mass is 285 g/mol. The van der Waals surface area contributed by atoms with Gasteiger partial charge in [0.1, 0.15) is 5.75 Å². The Morgan fingerprint density at radius 2 is 1.76 bits per heavy atom. The molecule has 1 saturated heterocycles. The molecule has 0 amide bonds. The summed E-state index contributed by atoms with van der Waals surface area (Å²) < 4.78 is 17.7. The second-order valence-electron chi connectivity index (χ2n) is 6.37. The molecule has 0 saturated carbocycles. The van der Waals surface area contributed by atoms with E-state index in [0.29, 0.717) is 0 Å². The molecule has 1 fully saturated rings. The Balaban J connectivity index is 2.13. The van der Waals surface area contributed by atoms with E-state index >= 15 is 0 Å². The molecule has 0 N–H and O–H groups in total. The number of rotatable bonds is 2. The van der Waals surface area contributed by atoms with Crippen molar-refractivity contribution in [3.05, 3.63) is 30.5 Å². The third-order valence-corrected chi connectivity index (χ3v) is 4.47. The van der Waals surface area contributed by atoms with Crippen LogP contribution in [-0.4, -0.2) is 30.4 Å². The van der Waals surface area contributed by atoms with Gasteiger partial charge in [0.2, 0.25) is 0 Å². The molecule has 0 unspecified atom stereocenters. The Kier molecular flexibility index (Phi) is 3.22. The fourth-order valence-electron chi connectivity index (χ4n) is 2.47. The van der Waals surface area contributed by atoms with Crippen LogP contribution >= 0.6 is 0 Å². The topological polar surface area (TPSA) is 40.6 Å². The predicted octanol–water partition coefficient (Wildman–Crippen LogP) is 2.54. The van der Waals surface area contributed by atoms with Gasteiger partial charge < -0.3 is 14.0 Å². The summed E-state index contributed by atoms with van der Waals surface area (Å²) in [4.78, 5) is 4.40. The fourth-order valence-corrected chi connectivity index (χ4v) is 2.47. The van der Waals surface area contributed by atoms with Crippen molar-refractivity contribution in [1.82, 2.24) is 4.98 Å². The van der Waals surface area contributed by atoms with Gasteiger partial charge in [-0.25, -0.2) is 0 Å². The maximum atomic E-state index is 6.15. The van der Waals surface area contributed by atoms with Crippen LogP contribution in [0.3, 0.4) is 0 Å². The lowest BCUT2D eigenvalue weighted by Gasteiger charge is -2.32. The molecule has 0 atom stereocenters. The predicted molar refractivity (Wildman–Crippen MR) is 84.0 cm³/mol. The van der Waals surface area contributed by atoms with Crippen molar-refractivity contribution in [2.45, 2.75) is 38.9 Å². The minimum absolute atomic E-state index is 0.366. The van der Waals surface area contributed by atoms with Gasteiger partial charge in [-0.1, -0.05) is 6.07 Å². The maximum absolute atomic E-state index is 6.15. The van der Waals surface area contributed by atoms with Crippen molar-refractivity contribution in [1.29, 1.82) is 0 Å². The zero-order valence-corrected chi connectivity index (χ0v) is 13.1. The molecule has 110 valence electrons. The first kappa shape index (κ1) is 14.4. The van der Waals surface area contributed by atoms with Crippen molar-refractivity contribution in [2.24, 2.45) is 0 Å². The van der Waals surface area contributed by atoms with E-state index in [1.807, 2.05) is 52.0 Å². The van der Waals surface area contributed by atoms with Gasteiger partial charge in [0, 0.05) is 17.6 Å². The van der Waals surface area contributed by atoms with Crippen molar-refractivity contribution in [3.63, 3.8) is 0 Å². The van der Waals surface area contributed by atoms with Gasteiger partial charge in [-0.15, -0.1) is 0 Å². The summed E-state index contributed by atoms with van der Waals surface area (Å²) >= 11 is 0. The Morgan fingerprint density at radius 1 is 1.10 bits per heavy atom.